The van der Waals surface area contributed by atoms with Crippen LogP contribution in [0.3, 0.4) is 0 Å². The van der Waals surface area contributed by atoms with E-state index < -0.39 is 28.5 Å². The lowest BCUT2D eigenvalue weighted by Crippen LogP contribution is -2.52. The topological polar surface area (TPSA) is 86.8 Å². The van der Waals surface area contributed by atoms with Crippen molar-refractivity contribution < 1.29 is 18.0 Å². The molecule has 3 rings (SSSR count). The Labute approximate surface area is 217 Å². The van der Waals surface area contributed by atoms with Crippen LogP contribution in [0.5, 0.6) is 0 Å². The first-order valence-corrected chi connectivity index (χ1v) is 14.1. The maximum Gasteiger partial charge on any atom is 0.244 e. The number of carbonyl (C=O) groups is 2. The number of hydrogen-bond donors (Lipinski definition) is 1. The van der Waals surface area contributed by atoms with E-state index in [2.05, 4.69) is 5.32 Å². The Morgan fingerprint density at radius 1 is 1.09 bits per heavy atom. The van der Waals surface area contributed by atoms with Gasteiger partial charge in [-0.15, -0.1) is 0 Å². The first-order valence-electron chi connectivity index (χ1n) is 11.5. The number of aryl methyl sites for hydroxylation is 1. The van der Waals surface area contributed by atoms with Gasteiger partial charge in [-0.05, 0) is 68.1 Å². The quantitative estimate of drug-likeness (QED) is 0.506. The Hall–Kier alpha value is -2.29. The van der Waals surface area contributed by atoms with Crippen molar-refractivity contribution in [2.75, 3.05) is 17.1 Å². The first-order chi connectivity index (χ1) is 16.5. The molecule has 0 saturated heterocycles. The summed E-state index contributed by atoms with van der Waals surface area (Å²) in [6.07, 6.45) is 5.01. The van der Waals surface area contributed by atoms with Crippen LogP contribution in [0.1, 0.15) is 43.7 Å². The molecule has 1 aliphatic carbocycles. The van der Waals surface area contributed by atoms with E-state index in [0.717, 1.165) is 41.8 Å². The number of nitrogens with one attached hydrogen (secondary N) is 1. The van der Waals surface area contributed by atoms with E-state index in [4.69, 9.17) is 23.2 Å². The van der Waals surface area contributed by atoms with Gasteiger partial charge in [0.15, 0.2) is 0 Å². The van der Waals surface area contributed by atoms with Gasteiger partial charge in [0, 0.05) is 22.6 Å². The Kier molecular flexibility index (Phi) is 9.07. The number of sulfonamides is 1. The van der Waals surface area contributed by atoms with E-state index in [1.54, 1.807) is 50.2 Å². The largest absolute Gasteiger partial charge is 0.352 e. The molecule has 0 aliphatic heterocycles. The number of rotatable bonds is 9. The number of halogens is 2. The van der Waals surface area contributed by atoms with Gasteiger partial charge in [0.2, 0.25) is 21.8 Å². The fourth-order valence-electron chi connectivity index (χ4n) is 4.30. The highest BCUT2D eigenvalue weighted by atomic mass is 35.5. The molecule has 1 N–H and O–H groups in total. The smallest absolute Gasteiger partial charge is 0.244 e. The van der Waals surface area contributed by atoms with Crippen LogP contribution < -0.4 is 9.62 Å². The van der Waals surface area contributed by atoms with Crippen molar-refractivity contribution in [3.05, 3.63) is 63.6 Å². The number of benzene rings is 2. The van der Waals surface area contributed by atoms with E-state index in [-0.39, 0.29) is 18.5 Å². The zero-order valence-electron chi connectivity index (χ0n) is 20.1. The molecule has 0 unspecified atom stereocenters. The Morgan fingerprint density at radius 2 is 1.74 bits per heavy atom. The molecule has 0 aromatic heterocycles. The Balaban J connectivity index is 1.90. The molecule has 1 aliphatic rings. The first kappa shape index (κ1) is 27.3. The maximum atomic E-state index is 13.6. The Morgan fingerprint density at radius 3 is 2.34 bits per heavy atom. The van der Waals surface area contributed by atoms with Gasteiger partial charge in [-0.2, -0.15) is 0 Å². The molecule has 2 amide bonds. The third kappa shape index (κ3) is 7.35. The number of nitrogens with zero attached hydrogens (tertiary/aromatic N) is 2. The molecule has 35 heavy (non-hydrogen) atoms. The minimum atomic E-state index is -3.80. The van der Waals surface area contributed by atoms with Gasteiger partial charge < -0.3 is 10.2 Å². The monoisotopic (exact) mass is 539 g/mol. The van der Waals surface area contributed by atoms with Crippen molar-refractivity contribution in [3.63, 3.8) is 0 Å². The molecule has 1 saturated carbocycles. The lowest BCUT2D eigenvalue weighted by Gasteiger charge is -2.32. The Bertz CT molecular complexity index is 1180. The van der Waals surface area contributed by atoms with Crippen LogP contribution in [0, 0.1) is 6.92 Å². The van der Waals surface area contributed by atoms with Gasteiger partial charge in [0.25, 0.3) is 0 Å². The van der Waals surface area contributed by atoms with E-state index in [1.165, 1.54) is 4.90 Å². The van der Waals surface area contributed by atoms with Gasteiger partial charge in [0.1, 0.15) is 12.6 Å². The van der Waals surface area contributed by atoms with Crippen molar-refractivity contribution in [3.8, 4) is 0 Å². The normalized spacial score (nSPS) is 15.0. The fraction of sp³-hybridized carbons (Fsp3) is 0.440. The van der Waals surface area contributed by atoms with Crippen molar-refractivity contribution in [2.45, 2.75) is 58.2 Å². The second-order valence-electron chi connectivity index (χ2n) is 9.02. The third-order valence-corrected chi connectivity index (χ3v) is 7.81. The predicted molar refractivity (Wildman–Crippen MR) is 140 cm³/mol. The second kappa shape index (κ2) is 11.6. The third-order valence-electron chi connectivity index (χ3n) is 6.22. The van der Waals surface area contributed by atoms with Crippen molar-refractivity contribution in [2.24, 2.45) is 0 Å². The van der Waals surface area contributed by atoms with E-state index >= 15 is 0 Å². The SMILES string of the molecule is Cc1cc(Cl)ccc1N(CC(=O)N(Cc1cccc(Cl)c1)[C@H](C)C(=O)NC1CCCC1)S(C)(=O)=O. The van der Waals surface area contributed by atoms with Crippen LogP contribution in [0.2, 0.25) is 10.0 Å². The number of anilines is 1. The summed E-state index contributed by atoms with van der Waals surface area (Å²) in [5.74, 6) is -0.764. The van der Waals surface area contributed by atoms with Gasteiger partial charge in [0.05, 0.1) is 11.9 Å². The van der Waals surface area contributed by atoms with Crippen LogP contribution in [0.25, 0.3) is 0 Å². The lowest BCUT2D eigenvalue weighted by atomic mass is 10.1. The van der Waals surface area contributed by atoms with Crippen molar-refractivity contribution >= 4 is 50.7 Å². The molecule has 0 radical (unpaired) electrons. The van der Waals surface area contributed by atoms with E-state index in [0.29, 0.717) is 21.3 Å². The van der Waals surface area contributed by atoms with Gasteiger partial charge in [-0.3, -0.25) is 13.9 Å². The summed E-state index contributed by atoms with van der Waals surface area (Å²) in [5.41, 5.74) is 1.71. The number of amides is 2. The molecular weight excluding hydrogens is 509 g/mol. The fourth-order valence-corrected chi connectivity index (χ4v) is 5.65. The van der Waals surface area contributed by atoms with Gasteiger partial charge >= 0.3 is 0 Å². The lowest BCUT2D eigenvalue weighted by molar-refractivity contribution is -0.139. The molecular formula is C25H31Cl2N3O4S. The summed E-state index contributed by atoms with van der Waals surface area (Å²) < 4.78 is 26.4. The minimum absolute atomic E-state index is 0.0947. The van der Waals surface area contributed by atoms with E-state index in [1.807, 2.05) is 6.07 Å². The summed E-state index contributed by atoms with van der Waals surface area (Å²) >= 11 is 12.2. The maximum absolute atomic E-state index is 13.6. The summed E-state index contributed by atoms with van der Waals surface area (Å²) in [5, 5.41) is 4.01. The summed E-state index contributed by atoms with van der Waals surface area (Å²) in [6.45, 7) is 3.04. The van der Waals surface area contributed by atoms with Crippen molar-refractivity contribution in [1.29, 1.82) is 0 Å². The zero-order valence-corrected chi connectivity index (χ0v) is 22.5. The van der Waals surface area contributed by atoms with Crippen LogP contribution in [-0.2, 0) is 26.2 Å². The standard InChI is InChI=1S/C25H31Cl2N3O4S/c1-17-13-21(27)11-12-23(17)30(35(3,33)34)16-24(31)29(15-19-7-6-8-20(26)14-19)18(2)25(32)28-22-9-4-5-10-22/h6-8,11-14,18,22H,4-5,9-10,15-16H2,1-3H3,(H,28,32)/t18-/m1/s1. The number of carbonyl (C=O) groups excluding carboxylic acids is 2. The van der Waals surface area contributed by atoms with Crippen LogP contribution in [0.4, 0.5) is 5.69 Å². The second-order valence-corrected chi connectivity index (χ2v) is 11.8. The summed E-state index contributed by atoms with van der Waals surface area (Å²) in [7, 11) is -3.80. The highest BCUT2D eigenvalue weighted by Gasteiger charge is 2.31. The van der Waals surface area contributed by atoms with E-state index in [9.17, 15) is 18.0 Å². The van der Waals surface area contributed by atoms with Gasteiger partial charge in [-0.25, -0.2) is 8.42 Å². The van der Waals surface area contributed by atoms with Gasteiger partial charge in [-0.1, -0.05) is 48.2 Å². The molecule has 0 heterocycles. The molecule has 1 fully saturated rings. The minimum Gasteiger partial charge on any atom is -0.352 e. The molecule has 2 aromatic rings. The van der Waals surface area contributed by atoms with Crippen LogP contribution in [-0.4, -0.2) is 50.0 Å². The highest BCUT2D eigenvalue weighted by Crippen LogP contribution is 2.26. The zero-order chi connectivity index (χ0) is 25.8. The molecule has 1 atom stereocenters. The highest BCUT2D eigenvalue weighted by molar-refractivity contribution is 7.92. The molecule has 7 nitrogen and oxygen atoms in total. The summed E-state index contributed by atoms with van der Waals surface area (Å²) in [4.78, 5) is 28.1. The summed E-state index contributed by atoms with van der Waals surface area (Å²) in [6, 6.07) is 11.1. The average molecular weight is 541 g/mol. The van der Waals surface area contributed by atoms with Crippen LogP contribution >= 0.6 is 23.2 Å². The van der Waals surface area contributed by atoms with Crippen LogP contribution in [0.15, 0.2) is 42.5 Å². The van der Waals surface area contributed by atoms with Crippen molar-refractivity contribution in [1.82, 2.24) is 10.2 Å². The average Bonchev–Trinajstić information content (AvgIpc) is 3.28. The molecule has 190 valence electrons. The molecule has 10 heteroatoms. The predicted octanol–water partition coefficient (Wildman–Crippen LogP) is 4.54. The number of hydrogen-bond acceptors (Lipinski definition) is 4. The molecule has 0 bridgehead atoms. The molecule has 2 aromatic carbocycles. The molecule has 0 spiro atoms.